The summed E-state index contributed by atoms with van der Waals surface area (Å²) < 4.78 is 41.2. The van der Waals surface area contributed by atoms with E-state index in [1.807, 2.05) is 31.2 Å². The van der Waals surface area contributed by atoms with Crippen LogP contribution in [0, 0.1) is 13.8 Å². The Morgan fingerprint density at radius 3 is 2.24 bits per heavy atom. The van der Waals surface area contributed by atoms with E-state index in [1.165, 1.54) is 22.1 Å². The fraction of sp³-hybridized carbons (Fsp3) is 0.176. The molecule has 0 N–H and O–H groups in total. The minimum Gasteiger partial charge on any atom is -0.270 e. The summed E-state index contributed by atoms with van der Waals surface area (Å²) in [5.41, 5.74) is 1.36. The van der Waals surface area contributed by atoms with E-state index < -0.39 is 11.7 Å². The number of hydrogen-bond donors (Lipinski definition) is 0. The van der Waals surface area contributed by atoms with Crippen molar-refractivity contribution in [3.8, 4) is 0 Å². The molecule has 0 unspecified atom stereocenters. The number of nitrogens with zero attached hydrogens (tertiary/aromatic N) is 2. The first-order valence-electron chi connectivity index (χ1n) is 7.06. The van der Waals surface area contributed by atoms with Gasteiger partial charge in [0.25, 0.3) is 0 Å². The lowest BCUT2D eigenvalue weighted by atomic mass is 10.1. The molecule has 0 fully saturated rings. The number of alkyl halides is 3. The molecular weight excluding hydrogens is 353 g/mol. The fourth-order valence-corrected chi connectivity index (χ4v) is 3.15. The zero-order valence-electron chi connectivity index (χ0n) is 13.3. The molecule has 0 bridgehead atoms. The smallest absolute Gasteiger partial charge is 0.270 e. The molecule has 130 valence electrons. The van der Waals surface area contributed by atoms with Crippen LogP contribution in [0.3, 0.4) is 0 Å². The zero-order chi connectivity index (χ0) is 18.6. The molecule has 8 heteroatoms. The second-order valence-corrected chi connectivity index (χ2v) is 6.23. The Balaban J connectivity index is 0.000000701. The molecule has 0 saturated heterocycles. The van der Waals surface area contributed by atoms with Crippen LogP contribution < -0.4 is 0 Å². The van der Waals surface area contributed by atoms with Crippen molar-refractivity contribution < 1.29 is 22.8 Å². The SMILES string of the molecule is Cc1ccc(Sn2cc(C(F)(F)F)c3c(C)ccnc32)cc1.O=C=O. The van der Waals surface area contributed by atoms with Gasteiger partial charge in [0.15, 0.2) is 5.65 Å². The summed E-state index contributed by atoms with van der Waals surface area (Å²) >= 11 is 1.23. The molecule has 0 saturated carbocycles. The summed E-state index contributed by atoms with van der Waals surface area (Å²) in [6.45, 7) is 3.63. The van der Waals surface area contributed by atoms with Gasteiger partial charge in [-0.1, -0.05) is 17.7 Å². The predicted octanol–water partition coefficient (Wildman–Crippen LogP) is 4.64. The van der Waals surface area contributed by atoms with Crippen molar-refractivity contribution in [1.29, 1.82) is 0 Å². The molecule has 0 aliphatic rings. The van der Waals surface area contributed by atoms with Crippen LogP contribution in [-0.4, -0.2) is 15.1 Å². The van der Waals surface area contributed by atoms with E-state index in [2.05, 4.69) is 4.98 Å². The number of hydrogen-bond acceptors (Lipinski definition) is 4. The van der Waals surface area contributed by atoms with Gasteiger partial charge in [0, 0.05) is 22.7 Å². The number of fused-ring (bicyclic) bond motifs is 1. The van der Waals surface area contributed by atoms with Crippen molar-refractivity contribution in [2.45, 2.75) is 24.9 Å². The highest BCUT2D eigenvalue weighted by Gasteiger charge is 2.35. The quantitative estimate of drug-likeness (QED) is 0.663. The van der Waals surface area contributed by atoms with Gasteiger partial charge < -0.3 is 0 Å². The van der Waals surface area contributed by atoms with Gasteiger partial charge in [0.1, 0.15) is 0 Å². The Bertz CT molecular complexity index is 912. The zero-order valence-corrected chi connectivity index (χ0v) is 14.1. The van der Waals surface area contributed by atoms with Crippen molar-refractivity contribution in [2.24, 2.45) is 0 Å². The highest BCUT2D eigenvalue weighted by Crippen LogP contribution is 2.39. The lowest BCUT2D eigenvalue weighted by Crippen LogP contribution is -2.04. The molecule has 0 spiro atoms. The lowest BCUT2D eigenvalue weighted by molar-refractivity contribution is -0.191. The average molecular weight is 366 g/mol. The molecule has 1 aromatic carbocycles. The van der Waals surface area contributed by atoms with Crippen LogP contribution in [0.2, 0.25) is 0 Å². The fourth-order valence-electron chi connectivity index (χ4n) is 2.28. The summed E-state index contributed by atoms with van der Waals surface area (Å²) in [5, 5.41) is 0.162. The average Bonchev–Trinajstić information content (AvgIpc) is 2.91. The summed E-state index contributed by atoms with van der Waals surface area (Å²) in [6.07, 6.45) is -1.50. The Labute approximate surface area is 145 Å². The first-order valence-corrected chi connectivity index (χ1v) is 7.83. The maximum Gasteiger partial charge on any atom is 0.418 e. The van der Waals surface area contributed by atoms with Gasteiger partial charge in [0.05, 0.1) is 5.56 Å². The standard InChI is InChI=1S/C16H13F3N2S.CO2/c1-10-3-5-12(6-4-10)22-21-9-13(16(17,18)19)14-11(2)7-8-20-15(14)21;2-1-3/h3-9H,1-2H3;. The Hall–Kier alpha value is -2.57. The first-order chi connectivity index (χ1) is 11.8. The molecule has 3 aromatic rings. The lowest BCUT2D eigenvalue weighted by Gasteiger charge is -2.05. The highest BCUT2D eigenvalue weighted by molar-refractivity contribution is 7.98. The summed E-state index contributed by atoms with van der Waals surface area (Å²) in [6, 6.07) is 9.22. The van der Waals surface area contributed by atoms with Gasteiger partial charge in [0.2, 0.25) is 0 Å². The van der Waals surface area contributed by atoms with Crippen LogP contribution in [0.15, 0.2) is 47.6 Å². The molecule has 0 atom stereocenters. The Kier molecular flexibility index (Phi) is 5.66. The van der Waals surface area contributed by atoms with Crippen molar-refractivity contribution in [3.63, 3.8) is 0 Å². The number of aryl methyl sites for hydroxylation is 2. The van der Waals surface area contributed by atoms with Gasteiger partial charge in [-0.25, -0.2) is 4.98 Å². The molecule has 3 rings (SSSR count). The molecular formula is C17H13F3N2O2S. The predicted molar refractivity (Wildman–Crippen MR) is 86.9 cm³/mol. The highest BCUT2D eigenvalue weighted by atomic mass is 32.2. The van der Waals surface area contributed by atoms with E-state index >= 15 is 0 Å². The summed E-state index contributed by atoms with van der Waals surface area (Å²) in [4.78, 5) is 21.2. The monoisotopic (exact) mass is 366 g/mol. The normalized spacial score (nSPS) is 10.9. The maximum atomic E-state index is 13.3. The van der Waals surface area contributed by atoms with Crippen LogP contribution in [0.4, 0.5) is 13.2 Å². The van der Waals surface area contributed by atoms with Gasteiger partial charge >= 0.3 is 12.3 Å². The number of aromatic nitrogens is 2. The van der Waals surface area contributed by atoms with E-state index in [-0.39, 0.29) is 11.5 Å². The number of rotatable bonds is 2. The summed E-state index contributed by atoms with van der Waals surface area (Å²) in [7, 11) is 0. The van der Waals surface area contributed by atoms with Crippen LogP contribution >= 0.6 is 11.9 Å². The van der Waals surface area contributed by atoms with Crippen LogP contribution in [0.5, 0.6) is 0 Å². The van der Waals surface area contributed by atoms with Crippen LogP contribution in [0.25, 0.3) is 11.0 Å². The third-order valence-electron chi connectivity index (χ3n) is 3.39. The van der Waals surface area contributed by atoms with Crippen molar-refractivity contribution in [1.82, 2.24) is 8.96 Å². The summed E-state index contributed by atoms with van der Waals surface area (Å²) in [5.74, 6) is 0. The molecule has 0 aliphatic carbocycles. The molecule has 0 radical (unpaired) electrons. The Morgan fingerprint density at radius 1 is 1.08 bits per heavy atom. The second kappa shape index (κ2) is 7.55. The van der Waals surface area contributed by atoms with Crippen molar-refractivity contribution in [3.05, 3.63) is 59.4 Å². The van der Waals surface area contributed by atoms with Gasteiger partial charge in [-0.15, -0.1) is 0 Å². The van der Waals surface area contributed by atoms with Crippen molar-refractivity contribution >= 4 is 29.1 Å². The third-order valence-corrected chi connectivity index (χ3v) is 4.35. The van der Waals surface area contributed by atoms with Gasteiger partial charge in [-0.3, -0.25) is 3.97 Å². The van der Waals surface area contributed by atoms with Gasteiger partial charge in [-0.2, -0.15) is 22.8 Å². The minimum atomic E-state index is -4.40. The third kappa shape index (κ3) is 4.29. The largest absolute Gasteiger partial charge is 0.418 e. The molecule has 0 aliphatic heterocycles. The second-order valence-electron chi connectivity index (χ2n) is 5.18. The number of halogens is 3. The Morgan fingerprint density at radius 2 is 1.68 bits per heavy atom. The maximum absolute atomic E-state index is 13.3. The molecule has 2 aromatic heterocycles. The van der Waals surface area contributed by atoms with E-state index in [0.717, 1.165) is 16.7 Å². The number of carbonyl (C=O) groups excluding carboxylic acids is 2. The first kappa shape index (κ1) is 18.8. The minimum absolute atomic E-state index is 0.162. The van der Waals surface area contributed by atoms with Gasteiger partial charge in [-0.05, 0) is 49.6 Å². The topological polar surface area (TPSA) is 52.0 Å². The van der Waals surface area contributed by atoms with E-state index in [9.17, 15) is 13.2 Å². The molecule has 4 nitrogen and oxygen atoms in total. The van der Waals surface area contributed by atoms with E-state index in [0.29, 0.717) is 11.2 Å². The van der Waals surface area contributed by atoms with Crippen LogP contribution in [-0.2, 0) is 15.8 Å². The number of pyridine rings is 1. The van der Waals surface area contributed by atoms with E-state index in [4.69, 9.17) is 9.59 Å². The van der Waals surface area contributed by atoms with Crippen LogP contribution in [0.1, 0.15) is 16.7 Å². The van der Waals surface area contributed by atoms with E-state index in [1.54, 1.807) is 13.0 Å². The molecule has 0 amide bonds. The van der Waals surface area contributed by atoms with Crippen molar-refractivity contribution in [2.75, 3.05) is 0 Å². The number of benzene rings is 1. The molecule has 25 heavy (non-hydrogen) atoms. The molecule has 2 heterocycles.